The van der Waals surface area contributed by atoms with E-state index in [0.717, 1.165) is 33.5 Å². The Morgan fingerprint density at radius 2 is 1.09 bits per heavy atom. The molecule has 5 heteroatoms. The van der Waals surface area contributed by atoms with Crippen molar-refractivity contribution in [1.29, 1.82) is 0 Å². The zero-order chi connectivity index (χ0) is 30.2. The van der Waals surface area contributed by atoms with Crippen LogP contribution in [0.2, 0.25) is 0 Å². The summed E-state index contributed by atoms with van der Waals surface area (Å²) in [5, 5.41) is 7.19. The Balaban J connectivity index is 1.25. The average molecular weight is 605 g/mol. The highest BCUT2D eigenvalue weighted by Gasteiger charge is 2.28. The molecule has 3 heterocycles. The Kier molecular flexibility index (Phi) is 5.41. The third-order valence-electron chi connectivity index (χ3n) is 9.02. The summed E-state index contributed by atoms with van der Waals surface area (Å²) >= 11 is 1.81. The molecule has 2 aromatic heterocycles. The van der Waals surface area contributed by atoms with Crippen LogP contribution in [0.15, 0.2) is 146 Å². The van der Waals surface area contributed by atoms with Crippen molar-refractivity contribution >= 4 is 70.4 Å². The number of nitrogens with zero attached hydrogens (tertiary/aromatic N) is 4. The number of para-hydroxylation sites is 1. The molecule has 4 nitrogen and oxygen atoms in total. The molecule has 0 radical (unpaired) electrons. The third-order valence-corrected chi connectivity index (χ3v) is 10.2. The summed E-state index contributed by atoms with van der Waals surface area (Å²) in [5.74, 6) is 1.89. The Morgan fingerprint density at radius 1 is 0.435 bits per heavy atom. The highest BCUT2D eigenvalue weighted by molar-refractivity contribution is 7.25. The van der Waals surface area contributed by atoms with Crippen molar-refractivity contribution in [2.45, 2.75) is 0 Å². The molecule has 46 heavy (non-hydrogen) atoms. The first-order chi connectivity index (χ1) is 22.8. The molecular weight excluding hydrogens is 581 g/mol. The second-order valence-electron chi connectivity index (χ2n) is 11.7. The molecule has 9 aromatic rings. The molecule has 0 saturated heterocycles. The zero-order valence-electron chi connectivity index (χ0n) is 24.6. The molecule has 0 saturated carbocycles. The van der Waals surface area contributed by atoms with Gasteiger partial charge in [0.1, 0.15) is 0 Å². The van der Waals surface area contributed by atoms with Gasteiger partial charge in [-0.3, -0.25) is 4.90 Å². The van der Waals surface area contributed by atoms with Crippen molar-refractivity contribution in [2.75, 3.05) is 4.90 Å². The van der Waals surface area contributed by atoms with E-state index >= 15 is 0 Å². The van der Waals surface area contributed by atoms with E-state index < -0.39 is 0 Å². The molecule has 0 N–H and O–H groups in total. The maximum Gasteiger partial charge on any atom is 0.238 e. The number of rotatable bonds is 3. The van der Waals surface area contributed by atoms with Gasteiger partial charge in [0.05, 0.1) is 11.4 Å². The molecule has 10 rings (SSSR count). The van der Waals surface area contributed by atoms with Gasteiger partial charge < -0.3 is 0 Å². The van der Waals surface area contributed by atoms with Crippen molar-refractivity contribution in [3.63, 3.8) is 0 Å². The lowest BCUT2D eigenvalue weighted by atomic mass is 9.91. The molecule has 0 aliphatic carbocycles. The Morgan fingerprint density at radius 3 is 2.00 bits per heavy atom. The van der Waals surface area contributed by atoms with Gasteiger partial charge in [-0.2, -0.15) is 9.97 Å². The highest BCUT2D eigenvalue weighted by atomic mass is 32.1. The molecule has 0 bridgehead atoms. The number of anilines is 3. The number of hydrogen-bond donors (Lipinski definition) is 0. The Labute approximate surface area is 268 Å². The lowest BCUT2D eigenvalue weighted by molar-refractivity contribution is 1.02. The monoisotopic (exact) mass is 604 g/mol. The predicted octanol–water partition coefficient (Wildman–Crippen LogP) is 11.3. The van der Waals surface area contributed by atoms with E-state index in [-0.39, 0.29) is 0 Å². The van der Waals surface area contributed by atoms with E-state index in [9.17, 15) is 0 Å². The minimum Gasteiger partial charge on any atom is -0.278 e. The van der Waals surface area contributed by atoms with Gasteiger partial charge in [0, 0.05) is 42.2 Å². The van der Waals surface area contributed by atoms with Crippen LogP contribution >= 0.6 is 11.3 Å². The van der Waals surface area contributed by atoms with E-state index in [1.807, 2.05) is 11.3 Å². The molecule has 214 valence electrons. The topological polar surface area (TPSA) is 41.9 Å². The standard InChI is InChI=1S/C41H24N4S/c1-2-10-27-23-28(20-19-25(27)9-1)39-42-40(29-21-22-37-33(24-29)31-14-4-6-18-36(31)46-37)44-41(43-39)45-34-16-5-3-13-30(34)32-15-7-11-26-12-8-17-35(45)38(26)32/h1-24H. The highest BCUT2D eigenvalue weighted by Crippen LogP contribution is 2.50. The molecule has 0 fully saturated rings. The summed E-state index contributed by atoms with van der Waals surface area (Å²) in [6, 6.07) is 51.5. The maximum atomic E-state index is 5.25. The van der Waals surface area contributed by atoms with Crippen LogP contribution in [-0.2, 0) is 0 Å². The van der Waals surface area contributed by atoms with Crippen LogP contribution in [0.25, 0.3) is 75.6 Å². The first-order valence-electron chi connectivity index (χ1n) is 15.4. The molecule has 0 atom stereocenters. The van der Waals surface area contributed by atoms with E-state index in [4.69, 9.17) is 15.0 Å². The van der Waals surface area contributed by atoms with Gasteiger partial charge in [-0.15, -0.1) is 11.3 Å². The molecule has 0 amide bonds. The van der Waals surface area contributed by atoms with Gasteiger partial charge >= 0.3 is 0 Å². The average Bonchev–Trinajstić information content (AvgIpc) is 3.50. The van der Waals surface area contributed by atoms with Crippen molar-refractivity contribution in [1.82, 2.24) is 15.0 Å². The quantitative estimate of drug-likeness (QED) is 0.201. The van der Waals surface area contributed by atoms with Gasteiger partial charge in [-0.25, -0.2) is 4.98 Å². The summed E-state index contributed by atoms with van der Waals surface area (Å²) in [7, 11) is 0. The third kappa shape index (κ3) is 3.82. The second kappa shape index (κ2) is 9.80. The van der Waals surface area contributed by atoms with Gasteiger partial charge in [-0.1, -0.05) is 103 Å². The van der Waals surface area contributed by atoms with Crippen molar-refractivity contribution in [3.8, 4) is 33.9 Å². The van der Waals surface area contributed by atoms with Gasteiger partial charge in [0.2, 0.25) is 5.95 Å². The lowest BCUT2D eigenvalue weighted by Crippen LogP contribution is -2.18. The smallest absolute Gasteiger partial charge is 0.238 e. The number of hydrogen-bond acceptors (Lipinski definition) is 5. The fraction of sp³-hybridized carbons (Fsp3) is 0. The minimum absolute atomic E-state index is 0.595. The van der Waals surface area contributed by atoms with Gasteiger partial charge in [-0.05, 0) is 64.2 Å². The van der Waals surface area contributed by atoms with E-state index in [0.29, 0.717) is 17.6 Å². The fourth-order valence-corrected chi connectivity index (χ4v) is 7.98. The van der Waals surface area contributed by atoms with Crippen LogP contribution < -0.4 is 4.90 Å². The van der Waals surface area contributed by atoms with Crippen LogP contribution in [0.4, 0.5) is 17.3 Å². The van der Waals surface area contributed by atoms with E-state index in [1.165, 1.54) is 41.9 Å². The summed E-state index contributed by atoms with van der Waals surface area (Å²) in [6.45, 7) is 0. The first kappa shape index (κ1) is 25.4. The predicted molar refractivity (Wildman–Crippen MR) is 192 cm³/mol. The van der Waals surface area contributed by atoms with Crippen LogP contribution in [0, 0.1) is 0 Å². The molecule has 0 unspecified atom stereocenters. The summed E-state index contributed by atoms with van der Waals surface area (Å²) in [6.07, 6.45) is 0. The molecule has 7 aromatic carbocycles. The van der Waals surface area contributed by atoms with Crippen LogP contribution in [0.3, 0.4) is 0 Å². The van der Waals surface area contributed by atoms with Crippen LogP contribution in [0.1, 0.15) is 0 Å². The van der Waals surface area contributed by atoms with E-state index in [2.05, 4.69) is 150 Å². The van der Waals surface area contributed by atoms with Crippen LogP contribution in [0.5, 0.6) is 0 Å². The zero-order valence-corrected chi connectivity index (χ0v) is 25.4. The Hall–Kier alpha value is -5.91. The first-order valence-corrected chi connectivity index (χ1v) is 16.2. The van der Waals surface area contributed by atoms with Crippen molar-refractivity contribution < 1.29 is 0 Å². The maximum absolute atomic E-state index is 5.25. The molecular formula is C41H24N4S. The SMILES string of the molecule is c1ccc2c(c1)-c1cccc3cccc(c13)N2c1nc(-c2ccc3ccccc3c2)nc(-c2ccc3sc4ccccc4c3c2)n1. The number of aromatic nitrogens is 3. The Bertz CT molecular complexity index is 2670. The lowest BCUT2D eigenvalue weighted by Gasteiger charge is -2.32. The largest absolute Gasteiger partial charge is 0.278 e. The molecule has 1 aliphatic rings. The number of thiophene rings is 1. The van der Waals surface area contributed by atoms with E-state index in [1.54, 1.807) is 0 Å². The van der Waals surface area contributed by atoms with Crippen LogP contribution in [-0.4, -0.2) is 15.0 Å². The van der Waals surface area contributed by atoms with Crippen molar-refractivity contribution in [2.24, 2.45) is 0 Å². The van der Waals surface area contributed by atoms with Gasteiger partial charge in [0.25, 0.3) is 0 Å². The summed E-state index contributed by atoms with van der Waals surface area (Å²) in [5.41, 5.74) is 6.41. The van der Waals surface area contributed by atoms with Crippen molar-refractivity contribution in [3.05, 3.63) is 146 Å². The summed E-state index contributed by atoms with van der Waals surface area (Å²) < 4.78 is 2.53. The number of fused-ring (bicyclic) bond motifs is 6. The second-order valence-corrected chi connectivity index (χ2v) is 12.8. The molecule has 0 spiro atoms. The minimum atomic E-state index is 0.595. The van der Waals surface area contributed by atoms with Gasteiger partial charge in [0.15, 0.2) is 11.6 Å². The fourth-order valence-electron chi connectivity index (χ4n) is 6.89. The summed E-state index contributed by atoms with van der Waals surface area (Å²) in [4.78, 5) is 17.8. The normalized spacial score (nSPS) is 12.3. The number of benzene rings is 7. The molecule has 1 aliphatic heterocycles.